The molecule has 0 unspecified atom stereocenters. The van der Waals surface area contributed by atoms with Crippen molar-refractivity contribution in [2.75, 3.05) is 22.9 Å². The Morgan fingerprint density at radius 3 is 2.50 bits per heavy atom. The molecule has 5 rings (SSSR count). The average Bonchev–Trinajstić information content (AvgIpc) is 3.43. The molecule has 1 fully saturated rings. The van der Waals surface area contributed by atoms with Crippen molar-refractivity contribution in [1.82, 2.24) is 9.78 Å². The van der Waals surface area contributed by atoms with Gasteiger partial charge >= 0.3 is 0 Å². The number of primary amides is 1. The van der Waals surface area contributed by atoms with Gasteiger partial charge in [-0.25, -0.2) is 4.68 Å². The Balaban J connectivity index is 1.57. The zero-order chi connectivity index (χ0) is 24.0. The maximum Gasteiger partial charge on any atom is 0.277 e. The number of para-hydroxylation sites is 1. The first-order chi connectivity index (χ1) is 16.4. The molecule has 0 bridgehead atoms. The van der Waals surface area contributed by atoms with Crippen LogP contribution < -0.4 is 15.5 Å². The highest BCUT2D eigenvalue weighted by Gasteiger charge is 2.35. The molecule has 2 aliphatic rings. The van der Waals surface area contributed by atoms with E-state index < -0.39 is 5.91 Å². The molecule has 1 aromatic heterocycles. The summed E-state index contributed by atoms with van der Waals surface area (Å²) in [5, 5.41) is 4.49. The number of aryl methyl sites for hydroxylation is 2. The van der Waals surface area contributed by atoms with Crippen LogP contribution in [-0.2, 0) is 17.6 Å². The van der Waals surface area contributed by atoms with Crippen molar-refractivity contribution in [3.63, 3.8) is 0 Å². The maximum atomic E-state index is 13.8. The molecule has 0 aliphatic carbocycles. The van der Waals surface area contributed by atoms with E-state index in [-0.39, 0.29) is 17.5 Å². The smallest absolute Gasteiger partial charge is 0.277 e. The van der Waals surface area contributed by atoms with Crippen molar-refractivity contribution in [3.8, 4) is 5.69 Å². The zero-order valence-corrected chi connectivity index (χ0v) is 19.4. The summed E-state index contributed by atoms with van der Waals surface area (Å²) >= 11 is 0. The fourth-order valence-electron chi connectivity index (χ4n) is 5.01. The monoisotopic (exact) mass is 457 g/mol. The summed E-state index contributed by atoms with van der Waals surface area (Å²) in [5.41, 5.74) is 11.1. The highest BCUT2D eigenvalue weighted by molar-refractivity contribution is 6.10. The van der Waals surface area contributed by atoms with Gasteiger partial charge in [0, 0.05) is 36.4 Å². The van der Waals surface area contributed by atoms with Gasteiger partial charge < -0.3 is 15.5 Å². The van der Waals surface area contributed by atoms with Crippen LogP contribution in [0.3, 0.4) is 0 Å². The molecule has 3 amide bonds. The van der Waals surface area contributed by atoms with Gasteiger partial charge in [0.1, 0.15) is 5.69 Å². The predicted octanol–water partition coefficient (Wildman–Crippen LogP) is 3.17. The molecule has 8 nitrogen and oxygen atoms in total. The van der Waals surface area contributed by atoms with Gasteiger partial charge in [0.25, 0.3) is 11.8 Å². The van der Waals surface area contributed by atoms with Crippen LogP contribution in [-0.4, -0.2) is 40.6 Å². The number of carbonyl (C=O) groups is 3. The molecule has 0 radical (unpaired) electrons. The molecule has 2 N–H and O–H groups in total. The van der Waals surface area contributed by atoms with Crippen molar-refractivity contribution in [2.24, 2.45) is 5.73 Å². The Labute approximate surface area is 197 Å². The molecule has 2 aliphatic heterocycles. The molecule has 3 aromatic rings. The molecule has 174 valence electrons. The molecule has 0 spiro atoms. The Bertz CT molecular complexity index is 1330. The number of hydrogen-bond acceptors (Lipinski definition) is 4. The van der Waals surface area contributed by atoms with Crippen LogP contribution in [0.15, 0.2) is 42.5 Å². The van der Waals surface area contributed by atoms with Crippen LogP contribution >= 0.6 is 0 Å². The minimum absolute atomic E-state index is 0.131. The van der Waals surface area contributed by atoms with E-state index in [0.29, 0.717) is 30.6 Å². The molecule has 34 heavy (non-hydrogen) atoms. The zero-order valence-electron chi connectivity index (χ0n) is 19.4. The quantitative estimate of drug-likeness (QED) is 0.636. The van der Waals surface area contributed by atoms with E-state index in [0.717, 1.165) is 47.6 Å². The van der Waals surface area contributed by atoms with Crippen molar-refractivity contribution >= 4 is 29.1 Å². The van der Waals surface area contributed by atoms with Crippen molar-refractivity contribution in [1.29, 1.82) is 0 Å². The number of rotatable bonds is 5. The van der Waals surface area contributed by atoms with Crippen molar-refractivity contribution in [3.05, 3.63) is 70.5 Å². The number of carbonyl (C=O) groups excluding carboxylic acids is 3. The van der Waals surface area contributed by atoms with Gasteiger partial charge in [0.15, 0.2) is 5.69 Å². The number of fused-ring (bicyclic) bond motifs is 1. The highest BCUT2D eigenvalue weighted by atomic mass is 16.2. The summed E-state index contributed by atoms with van der Waals surface area (Å²) < 4.78 is 1.58. The van der Waals surface area contributed by atoms with Crippen LogP contribution in [0.2, 0.25) is 0 Å². The van der Waals surface area contributed by atoms with Gasteiger partial charge in [-0.1, -0.05) is 25.1 Å². The van der Waals surface area contributed by atoms with E-state index >= 15 is 0 Å². The summed E-state index contributed by atoms with van der Waals surface area (Å²) in [6.07, 6.45) is 2.66. The molecule has 3 heterocycles. The van der Waals surface area contributed by atoms with Crippen LogP contribution in [0.4, 0.5) is 11.4 Å². The van der Waals surface area contributed by atoms with E-state index in [1.165, 1.54) is 0 Å². The van der Waals surface area contributed by atoms with Crippen LogP contribution in [0, 0.1) is 6.92 Å². The molecule has 1 saturated heterocycles. The van der Waals surface area contributed by atoms with Crippen LogP contribution in [0.5, 0.6) is 0 Å². The largest absolute Gasteiger partial charge is 0.364 e. The van der Waals surface area contributed by atoms with E-state index in [9.17, 15) is 14.4 Å². The first-order valence-electron chi connectivity index (χ1n) is 11.6. The molecule has 0 saturated carbocycles. The third kappa shape index (κ3) is 3.46. The van der Waals surface area contributed by atoms with Crippen molar-refractivity contribution in [2.45, 2.75) is 39.5 Å². The van der Waals surface area contributed by atoms with Gasteiger partial charge in [0.05, 0.1) is 5.69 Å². The number of anilines is 2. The fraction of sp³-hybridized carbons (Fsp3) is 0.308. The average molecular weight is 458 g/mol. The topological polar surface area (TPSA) is 102 Å². The molecule has 0 atom stereocenters. The van der Waals surface area contributed by atoms with Crippen LogP contribution in [0.1, 0.15) is 57.4 Å². The summed E-state index contributed by atoms with van der Waals surface area (Å²) in [7, 11) is 0. The Morgan fingerprint density at radius 1 is 1.03 bits per heavy atom. The first kappa shape index (κ1) is 21.9. The second-order valence-electron chi connectivity index (χ2n) is 8.76. The lowest BCUT2D eigenvalue weighted by Gasteiger charge is -2.29. The molecular weight excluding hydrogens is 430 g/mol. The Morgan fingerprint density at radius 2 is 1.82 bits per heavy atom. The predicted molar refractivity (Wildman–Crippen MR) is 130 cm³/mol. The molecular formula is C26H27N5O3. The number of hydrogen-bond donors (Lipinski definition) is 1. The van der Waals surface area contributed by atoms with Gasteiger partial charge in [-0.05, 0) is 61.6 Å². The number of nitrogens with two attached hydrogens (primary N) is 1. The lowest BCUT2D eigenvalue weighted by atomic mass is 10.0. The standard InChI is InChI=1S/C26H27N5O3/c1-3-17-7-4-5-8-21(17)31-24-19(23(28-31)25(27)33)12-14-29(26(24)34)18-10-11-20(16(2)15-18)30-13-6-9-22(30)32/h4-5,7-8,10-11,15H,3,6,9,12-14H2,1-2H3,(H2,27,33). The normalized spacial score (nSPS) is 15.7. The third-order valence-corrected chi connectivity index (χ3v) is 6.71. The first-order valence-corrected chi connectivity index (χ1v) is 11.6. The minimum atomic E-state index is -0.638. The van der Waals surface area contributed by atoms with Gasteiger partial charge in [-0.3, -0.25) is 14.4 Å². The van der Waals surface area contributed by atoms with Crippen molar-refractivity contribution < 1.29 is 14.4 Å². The van der Waals surface area contributed by atoms with Gasteiger partial charge in [-0.15, -0.1) is 0 Å². The lowest BCUT2D eigenvalue weighted by molar-refractivity contribution is -0.117. The summed E-state index contributed by atoms with van der Waals surface area (Å²) in [6, 6.07) is 13.5. The fourth-order valence-corrected chi connectivity index (χ4v) is 5.01. The third-order valence-electron chi connectivity index (χ3n) is 6.71. The maximum absolute atomic E-state index is 13.8. The van der Waals surface area contributed by atoms with E-state index in [2.05, 4.69) is 5.10 Å². The molecule has 2 aromatic carbocycles. The van der Waals surface area contributed by atoms with E-state index in [1.807, 2.05) is 61.2 Å². The highest BCUT2D eigenvalue weighted by Crippen LogP contribution is 2.33. The van der Waals surface area contributed by atoms with E-state index in [1.54, 1.807) is 9.58 Å². The van der Waals surface area contributed by atoms with Gasteiger partial charge in [-0.2, -0.15) is 5.10 Å². The van der Waals surface area contributed by atoms with E-state index in [4.69, 9.17) is 5.73 Å². The number of amides is 3. The summed E-state index contributed by atoms with van der Waals surface area (Å²) in [4.78, 5) is 41.7. The second-order valence-corrected chi connectivity index (χ2v) is 8.76. The summed E-state index contributed by atoms with van der Waals surface area (Å²) in [5.74, 6) is -0.732. The lowest BCUT2D eigenvalue weighted by Crippen LogP contribution is -2.39. The number of aromatic nitrogens is 2. The van der Waals surface area contributed by atoms with Crippen LogP contribution in [0.25, 0.3) is 5.69 Å². The number of benzene rings is 2. The number of nitrogens with zero attached hydrogens (tertiary/aromatic N) is 4. The minimum Gasteiger partial charge on any atom is -0.364 e. The SMILES string of the molecule is CCc1ccccc1-n1nc(C(N)=O)c2c1C(=O)N(c1ccc(N3CCCC3=O)c(C)c1)CC2. The summed E-state index contributed by atoms with van der Waals surface area (Å²) in [6.45, 7) is 5.12. The molecule has 8 heteroatoms. The van der Waals surface area contributed by atoms with Gasteiger partial charge in [0.2, 0.25) is 5.91 Å². The Hall–Kier alpha value is -3.94. The Kier molecular flexibility index (Phi) is 5.43. The second kappa shape index (κ2) is 8.44.